The van der Waals surface area contributed by atoms with Gasteiger partial charge in [-0.05, 0) is 43.0 Å². The maximum atomic E-state index is 13.9. The second-order valence-corrected chi connectivity index (χ2v) is 13.3. The van der Waals surface area contributed by atoms with Crippen molar-refractivity contribution in [1.82, 2.24) is 24.4 Å². The fourth-order valence-electron chi connectivity index (χ4n) is 6.91. The zero-order valence-corrected chi connectivity index (χ0v) is 27.1. The lowest BCUT2D eigenvalue weighted by Crippen LogP contribution is -2.33. The van der Waals surface area contributed by atoms with Gasteiger partial charge in [0.15, 0.2) is 0 Å². The Hall–Kier alpha value is -4.71. The molecule has 0 saturated carbocycles. The van der Waals surface area contributed by atoms with Crippen molar-refractivity contribution >= 4 is 55.8 Å². The summed E-state index contributed by atoms with van der Waals surface area (Å²) >= 11 is 7.63. The smallest absolute Gasteiger partial charge is 0.338 e. The van der Waals surface area contributed by atoms with E-state index in [0.29, 0.717) is 75.5 Å². The highest BCUT2D eigenvalue weighted by atomic mass is 35.5. The third-order valence-electron chi connectivity index (χ3n) is 9.03. The molecule has 15 heteroatoms. The number of nitriles is 1. The van der Waals surface area contributed by atoms with Crippen LogP contribution in [0.25, 0.3) is 32.2 Å². The van der Waals surface area contributed by atoms with Crippen molar-refractivity contribution in [3.63, 3.8) is 0 Å². The first-order chi connectivity index (χ1) is 23.1. The summed E-state index contributed by atoms with van der Waals surface area (Å²) in [5, 5.41) is 22.0. The predicted molar refractivity (Wildman–Crippen MR) is 177 cm³/mol. The summed E-state index contributed by atoms with van der Waals surface area (Å²) < 4.78 is 34.2. The Morgan fingerprint density at radius 3 is 2.67 bits per heavy atom. The van der Waals surface area contributed by atoms with Gasteiger partial charge >= 0.3 is 5.97 Å². The maximum absolute atomic E-state index is 13.9. The monoisotopic (exact) mass is 691 g/mol. The highest BCUT2D eigenvalue weighted by Gasteiger charge is 2.41. The first-order valence-corrected chi connectivity index (χ1v) is 16.5. The third kappa shape index (κ3) is 5.72. The number of likely N-dealkylation sites (tertiary alicyclic amines) is 1. The van der Waals surface area contributed by atoms with Gasteiger partial charge < -0.3 is 14.7 Å². The van der Waals surface area contributed by atoms with Gasteiger partial charge in [-0.15, -0.1) is 11.3 Å². The summed E-state index contributed by atoms with van der Waals surface area (Å²) in [6, 6.07) is 9.09. The number of anilines is 1. The fourth-order valence-corrected chi connectivity index (χ4v) is 8.11. The molecule has 7 rings (SSSR count). The van der Waals surface area contributed by atoms with Crippen molar-refractivity contribution in [3.8, 4) is 22.9 Å². The van der Waals surface area contributed by atoms with Crippen LogP contribution < -0.4 is 15.2 Å². The van der Waals surface area contributed by atoms with Gasteiger partial charge in [-0.2, -0.15) is 5.26 Å². The van der Waals surface area contributed by atoms with Crippen molar-refractivity contribution in [1.29, 1.82) is 5.26 Å². The minimum absolute atomic E-state index is 0.0754. The Balaban J connectivity index is 1.15. The van der Waals surface area contributed by atoms with Gasteiger partial charge in [-0.3, -0.25) is 19.2 Å². The number of rotatable bonds is 9. The van der Waals surface area contributed by atoms with Crippen LogP contribution >= 0.6 is 22.9 Å². The molecule has 5 aromatic rings. The van der Waals surface area contributed by atoms with Crippen LogP contribution in [0.1, 0.15) is 21.7 Å². The van der Waals surface area contributed by atoms with Crippen LogP contribution in [0, 0.1) is 30.1 Å². The second-order valence-electron chi connectivity index (χ2n) is 12.0. The molecule has 4 aromatic heterocycles. The average Bonchev–Trinajstić information content (AvgIpc) is 3.76. The Kier molecular flexibility index (Phi) is 8.44. The molecule has 2 atom stereocenters. The maximum Gasteiger partial charge on any atom is 0.338 e. The van der Waals surface area contributed by atoms with E-state index in [4.69, 9.17) is 16.3 Å². The van der Waals surface area contributed by atoms with E-state index in [-0.39, 0.29) is 48.0 Å². The molecule has 0 unspecified atom stereocenters. The van der Waals surface area contributed by atoms with Crippen molar-refractivity contribution < 1.29 is 23.4 Å². The molecular formula is C33H28ClF2N7O4S. The number of carbonyl (C=O) groups is 1. The number of ether oxygens (including phenoxy) is 1. The molecule has 2 aliphatic rings. The fraction of sp³-hybridized carbons (Fsp3) is 0.333. The van der Waals surface area contributed by atoms with E-state index < -0.39 is 18.0 Å². The standard InChI is InChI=1S/C33H28ClF2N7O4S/c1-17-40-25-10-39-31(42-13-18-11-41(15-27(35)36)12-19(18)14-42)23(9-37)28(25)32(44)43(17)6-7-47-26-3-2-20(34)8-22(26)21-4-5-38-29-24(33(45)46)16-48-30(21)29/h2-5,8,10,16,18-19,27H,6-7,11-15H2,1H3,(H,45,46)/t18-,19+. The van der Waals surface area contributed by atoms with Crippen LogP contribution in [-0.2, 0) is 6.54 Å². The highest BCUT2D eigenvalue weighted by molar-refractivity contribution is 7.18. The molecule has 0 spiro atoms. The Labute approximate surface area is 281 Å². The van der Waals surface area contributed by atoms with Crippen LogP contribution in [0.15, 0.2) is 46.8 Å². The molecule has 6 heterocycles. The molecule has 2 saturated heterocycles. The zero-order valence-electron chi connectivity index (χ0n) is 25.6. The van der Waals surface area contributed by atoms with Crippen LogP contribution in [0.4, 0.5) is 14.6 Å². The number of aromatic nitrogens is 4. The summed E-state index contributed by atoms with van der Waals surface area (Å²) in [5.74, 6) is 0.599. The Morgan fingerprint density at radius 2 is 1.96 bits per heavy atom. The van der Waals surface area contributed by atoms with E-state index in [1.54, 1.807) is 41.5 Å². The summed E-state index contributed by atoms with van der Waals surface area (Å²) in [6.07, 6.45) is 0.669. The second kappa shape index (κ2) is 12.7. The number of hydrogen-bond acceptors (Lipinski definition) is 10. The van der Waals surface area contributed by atoms with E-state index in [1.807, 2.05) is 4.90 Å². The number of aromatic carboxylic acids is 1. The van der Waals surface area contributed by atoms with Crippen molar-refractivity contribution in [2.24, 2.45) is 11.8 Å². The summed E-state index contributed by atoms with van der Waals surface area (Å²) in [5.41, 5.74) is 1.90. The molecule has 0 bridgehead atoms. The lowest BCUT2D eigenvalue weighted by atomic mass is 10.0. The number of aryl methyl sites for hydroxylation is 1. The van der Waals surface area contributed by atoms with Crippen LogP contribution in [0.2, 0.25) is 5.02 Å². The van der Waals surface area contributed by atoms with E-state index >= 15 is 0 Å². The summed E-state index contributed by atoms with van der Waals surface area (Å²) in [7, 11) is 0. The summed E-state index contributed by atoms with van der Waals surface area (Å²) in [6.45, 7) is 3.91. The van der Waals surface area contributed by atoms with Gasteiger partial charge in [-0.1, -0.05) is 11.6 Å². The van der Waals surface area contributed by atoms with Gasteiger partial charge in [0.05, 0.1) is 46.0 Å². The third-order valence-corrected chi connectivity index (χ3v) is 10.3. The SMILES string of the molecule is Cc1nc2cnc(N3C[C@H]4CN(CC(F)F)C[C@H]4C3)c(C#N)c2c(=O)n1CCOc1ccc(Cl)cc1-c1ccnc2c(C(=O)O)csc12. The van der Waals surface area contributed by atoms with E-state index in [9.17, 15) is 28.7 Å². The molecule has 0 aliphatic carbocycles. The lowest BCUT2D eigenvalue weighted by molar-refractivity contribution is 0.0699. The molecule has 0 radical (unpaired) electrons. The largest absolute Gasteiger partial charge is 0.491 e. The highest BCUT2D eigenvalue weighted by Crippen LogP contribution is 2.40. The lowest BCUT2D eigenvalue weighted by Gasteiger charge is -2.23. The molecule has 48 heavy (non-hydrogen) atoms. The molecule has 246 valence electrons. The number of benzene rings is 1. The zero-order chi connectivity index (χ0) is 33.7. The number of carboxylic acid groups (broad SMARTS) is 1. The molecule has 0 amide bonds. The first-order valence-electron chi connectivity index (χ1n) is 15.2. The number of halogens is 3. The predicted octanol–water partition coefficient (Wildman–Crippen LogP) is 5.31. The first kappa shape index (κ1) is 31.9. The van der Waals surface area contributed by atoms with Crippen molar-refractivity contribution in [2.75, 3.05) is 44.2 Å². The molecular weight excluding hydrogens is 664 g/mol. The van der Waals surface area contributed by atoms with E-state index in [1.165, 1.54) is 28.3 Å². The number of fused-ring (bicyclic) bond motifs is 3. The van der Waals surface area contributed by atoms with Gasteiger partial charge in [0.25, 0.3) is 12.0 Å². The van der Waals surface area contributed by atoms with Crippen molar-refractivity contribution in [2.45, 2.75) is 19.9 Å². The molecule has 11 nitrogen and oxygen atoms in total. The number of nitrogens with zero attached hydrogens (tertiary/aromatic N) is 7. The quantitative estimate of drug-likeness (QED) is 0.216. The van der Waals surface area contributed by atoms with Crippen molar-refractivity contribution in [3.05, 3.63) is 74.4 Å². The van der Waals surface area contributed by atoms with Crippen LogP contribution in [0.5, 0.6) is 5.75 Å². The average molecular weight is 692 g/mol. The summed E-state index contributed by atoms with van der Waals surface area (Å²) in [4.78, 5) is 42.8. The van der Waals surface area contributed by atoms with E-state index in [2.05, 4.69) is 21.0 Å². The number of hydrogen-bond donors (Lipinski definition) is 1. The van der Waals surface area contributed by atoms with Gasteiger partial charge in [0.2, 0.25) is 0 Å². The number of alkyl halides is 2. The van der Waals surface area contributed by atoms with E-state index in [0.717, 1.165) is 0 Å². The van der Waals surface area contributed by atoms with Crippen LogP contribution in [0.3, 0.4) is 0 Å². The minimum atomic E-state index is -2.38. The van der Waals surface area contributed by atoms with Gasteiger partial charge in [0.1, 0.15) is 35.6 Å². The van der Waals surface area contributed by atoms with Crippen LogP contribution in [-0.4, -0.2) is 81.3 Å². The topological polar surface area (TPSA) is 137 Å². The molecule has 1 aromatic carbocycles. The minimum Gasteiger partial charge on any atom is -0.491 e. The Bertz CT molecular complexity index is 2170. The number of thiophene rings is 1. The number of pyridine rings is 2. The molecule has 2 fully saturated rings. The van der Waals surface area contributed by atoms with Gasteiger partial charge in [-0.25, -0.2) is 23.5 Å². The molecule has 1 N–H and O–H groups in total. The normalized spacial score (nSPS) is 17.8. The molecule has 2 aliphatic heterocycles. The number of carboxylic acids is 1. The Morgan fingerprint density at radius 1 is 1.19 bits per heavy atom. The van der Waals surface area contributed by atoms with Gasteiger partial charge in [0, 0.05) is 53.9 Å².